The van der Waals surface area contributed by atoms with Gasteiger partial charge in [0.05, 0.1) is 5.69 Å². The van der Waals surface area contributed by atoms with Gasteiger partial charge in [0, 0.05) is 19.7 Å². The van der Waals surface area contributed by atoms with E-state index in [1.54, 1.807) is 12.1 Å². The Kier molecular flexibility index (Phi) is 5.33. The van der Waals surface area contributed by atoms with Crippen LogP contribution in [0, 0.1) is 11.7 Å². The van der Waals surface area contributed by atoms with Gasteiger partial charge in [-0.2, -0.15) is 0 Å². The second-order valence-electron chi connectivity index (χ2n) is 7.95. The van der Waals surface area contributed by atoms with Crippen LogP contribution < -0.4 is 4.90 Å². The van der Waals surface area contributed by atoms with Gasteiger partial charge in [-0.1, -0.05) is 32.9 Å². The van der Waals surface area contributed by atoms with Crippen LogP contribution in [0.25, 0.3) is 0 Å². The number of para-hydroxylation sites is 1. The number of halogens is 1. The average Bonchev–Trinajstić information content (AvgIpc) is 2.45. The summed E-state index contributed by atoms with van der Waals surface area (Å²) in [6, 6.07) is 7.08. The Morgan fingerprint density at radius 2 is 1.77 bits per heavy atom. The molecule has 1 aromatic carbocycles. The maximum absolute atomic E-state index is 13.8. The quantitative estimate of drug-likeness (QED) is 0.718. The van der Waals surface area contributed by atoms with Crippen LogP contribution in [-0.4, -0.2) is 28.0 Å². The molecule has 1 aromatic rings. The molecule has 1 heterocycles. The molecule has 2 nitrogen and oxygen atoms in total. The second kappa shape index (κ2) is 6.71. The Labute approximate surface area is 135 Å². The zero-order valence-electron chi connectivity index (χ0n) is 14.7. The summed E-state index contributed by atoms with van der Waals surface area (Å²) >= 11 is 0. The van der Waals surface area contributed by atoms with Crippen LogP contribution in [-0.2, 0) is 4.43 Å². The summed E-state index contributed by atoms with van der Waals surface area (Å²) < 4.78 is 20.2. The average molecular weight is 324 g/mol. The second-order valence-corrected chi connectivity index (χ2v) is 12.8. The van der Waals surface area contributed by atoms with Crippen molar-refractivity contribution in [2.45, 2.75) is 51.7 Å². The zero-order valence-corrected chi connectivity index (χ0v) is 15.7. The normalized spacial score (nSPS) is 17.8. The van der Waals surface area contributed by atoms with E-state index in [9.17, 15) is 4.39 Å². The summed E-state index contributed by atoms with van der Waals surface area (Å²) in [6.07, 6.45) is 2.17. The summed E-state index contributed by atoms with van der Waals surface area (Å²) in [4.78, 5) is 2.16. The van der Waals surface area contributed by atoms with Crippen LogP contribution in [0.3, 0.4) is 0 Å². The summed E-state index contributed by atoms with van der Waals surface area (Å²) in [5.74, 6) is 0.496. The molecule has 0 N–H and O–H groups in total. The first-order chi connectivity index (χ1) is 10.2. The van der Waals surface area contributed by atoms with E-state index in [4.69, 9.17) is 4.43 Å². The molecular weight excluding hydrogens is 293 g/mol. The van der Waals surface area contributed by atoms with Crippen molar-refractivity contribution in [3.63, 3.8) is 0 Å². The molecule has 0 radical (unpaired) electrons. The zero-order chi connectivity index (χ0) is 16.4. The minimum Gasteiger partial charge on any atom is -0.417 e. The first kappa shape index (κ1) is 17.5. The lowest BCUT2D eigenvalue weighted by atomic mass is 9.97. The Hall–Kier alpha value is -0.873. The molecule has 1 aliphatic heterocycles. The van der Waals surface area contributed by atoms with Crippen molar-refractivity contribution in [2.24, 2.45) is 5.92 Å². The highest BCUT2D eigenvalue weighted by Gasteiger charge is 2.37. The van der Waals surface area contributed by atoms with Crippen molar-refractivity contribution in [2.75, 3.05) is 24.6 Å². The first-order valence-electron chi connectivity index (χ1n) is 8.34. The van der Waals surface area contributed by atoms with Crippen LogP contribution in [0.2, 0.25) is 18.1 Å². The van der Waals surface area contributed by atoms with Gasteiger partial charge in [0.25, 0.3) is 0 Å². The molecule has 0 saturated carbocycles. The fraction of sp³-hybridized carbons (Fsp3) is 0.667. The standard InChI is InChI=1S/C18H30FNOSi/c1-18(2,3)22(4,5)21-14-15-10-12-20(13-11-15)17-9-7-6-8-16(17)19/h6-9,15H,10-14H2,1-5H3. The van der Waals surface area contributed by atoms with Crippen molar-refractivity contribution in [1.82, 2.24) is 0 Å². The van der Waals surface area contributed by atoms with Gasteiger partial charge < -0.3 is 9.33 Å². The van der Waals surface area contributed by atoms with Crippen LogP contribution in [0.1, 0.15) is 33.6 Å². The molecule has 1 saturated heterocycles. The van der Waals surface area contributed by atoms with Gasteiger partial charge in [-0.05, 0) is 49.0 Å². The number of rotatable bonds is 4. The van der Waals surface area contributed by atoms with E-state index < -0.39 is 8.32 Å². The largest absolute Gasteiger partial charge is 0.417 e. The number of anilines is 1. The highest BCUT2D eigenvalue weighted by Crippen LogP contribution is 2.37. The molecule has 0 aromatic heterocycles. The predicted molar refractivity (Wildman–Crippen MR) is 94.5 cm³/mol. The Morgan fingerprint density at radius 3 is 2.32 bits per heavy atom. The minimum absolute atomic E-state index is 0.113. The number of hydrogen-bond donors (Lipinski definition) is 0. The van der Waals surface area contributed by atoms with Crippen molar-refractivity contribution in [3.05, 3.63) is 30.1 Å². The molecule has 0 amide bonds. The fourth-order valence-corrected chi connectivity index (χ4v) is 3.68. The highest BCUT2D eigenvalue weighted by atomic mass is 28.4. The first-order valence-corrected chi connectivity index (χ1v) is 11.2. The van der Waals surface area contributed by atoms with Crippen LogP contribution >= 0.6 is 0 Å². The Balaban J connectivity index is 1.84. The number of benzene rings is 1. The highest BCUT2D eigenvalue weighted by molar-refractivity contribution is 6.74. The third-order valence-electron chi connectivity index (χ3n) is 5.29. The number of piperidine rings is 1. The van der Waals surface area contributed by atoms with Crippen molar-refractivity contribution >= 4 is 14.0 Å². The summed E-state index contributed by atoms with van der Waals surface area (Å²) in [5.41, 5.74) is 0.742. The maximum atomic E-state index is 13.8. The van der Waals surface area contributed by atoms with Crippen LogP contribution in [0.5, 0.6) is 0 Å². The molecular formula is C18H30FNOSi. The summed E-state index contributed by atoms with van der Waals surface area (Å²) in [7, 11) is -1.65. The fourth-order valence-electron chi connectivity index (χ4n) is 2.59. The molecule has 1 fully saturated rings. The van der Waals surface area contributed by atoms with Crippen molar-refractivity contribution in [3.8, 4) is 0 Å². The van der Waals surface area contributed by atoms with Gasteiger partial charge >= 0.3 is 0 Å². The topological polar surface area (TPSA) is 12.5 Å². The van der Waals surface area contributed by atoms with Gasteiger partial charge in [0.2, 0.25) is 0 Å². The lowest BCUT2D eigenvalue weighted by molar-refractivity contribution is 0.205. The van der Waals surface area contributed by atoms with Gasteiger partial charge in [0.1, 0.15) is 5.82 Å². The number of hydrogen-bond acceptors (Lipinski definition) is 2. The molecule has 0 spiro atoms. The monoisotopic (exact) mass is 323 g/mol. The molecule has 0 unspecified atom stereocenters. The minimum atomic E-state index is -1.65. The molecule has 4 heteroatoms. The van der Waals surface area contributed by atoms with Gasteiger partial charge in [0.15, 0.2) is 8.32 Å². The Bertz CT molecular complexity index is 490. The summed E-state index contributed by atoms with van der Waals surface area (Å²) in [6.45, 7) is 14.2. The van der Waals surface area contributed by atoms with Gasteiger partial charge in [-0.25, -0.2) is 4.39 Å². The lowest BCUT2D eigenvalue weighted by Crippen LogP contribution is -2.43. The maximum Gasteiger partial charge on any atom is 0.191 e. The molecule has 124 valence electrons. The third kappa shape index (κ3) is 4.11. The molecule has 22 heavy (non-hydrogen) atoms. The van der Waals surface area contributed by atoms with Crippen LogP contribution in [0.4, 0.5) is 10.1 Å². The number of nitrogens with zero attached hydrogens (tertiary/aromatic N) is 1. The predicted octanol–water partition coefficient (Wildman–Crippen LogP) is 5.06. The van der Waals surface area contributed by atoms with E-state index in [2.05, 4.69) is 38.8 Å². The van der Waals surface area contributed by atoms with Gasteiger partial charge in [-0.3, -0.25) is 0 Å². The van der Waals surface area contributed by atoms with E-state index in [0.717, 1.165) is 38.2 Å². The van der Waals surface area contributed by atoms with Crippen LogP contribution in [0.15, 0.2) is 24.3 Å². The molecule has 2 rings (SSSR count). The van der Waals surface area contributed by atoms with E-state index in [-0.39, 0.29) is 10.9 Å². The van der Waals surface area contributed by atoms with Gasteiger partial charge in [-0.15, -0.1) is 0 Å². The van der Waals surface area contributed by atoms with E-state index in [0.29, 0.717) is 5.92 Å². The third-order valence-corrected chi connectivity index (χ3v) is 9.79. The van der Waals surface area contributed by atoms with E-state index in [1.807, 2.05) is 12.1 Å². The molecule has 0 aliphatic carbocycles. The van der Waals surface area contributed by atoms with E-state index in [1.165, 1.54) is 0 Å². The lowest BCUT2D eigenvalue weighted by Gasteiger charge is -2.39. The van der Waals surface area contributed by atoms with Crippen molar-refractivity contribution in [1.29, 1.82) is 0 Å². The Morgan fingerprint density at radius 1 is 1.18 bits per heavy atom. The molecule has 0 bridgehead atoms. The smallest absolute Gasteiger partial charge is 0.191 e. The van der Waals surface area contributed by atoms with Crippen molar-refractivity contribution < 1.29 is 8.82 Å². The van der Waals surface area contributed by atoms with E-state index >= 15 is 0 Å². The molecule has 1 aliphatic rings. The SMILES string of the molecule is CC(C)(C)[Si](C)(C)OCC1CCN(c2ccccc2F)CC1. The summed E-state index contributed by atoms with van der Waals surface area (Å²) in [5, 5.41) is 0.265. The molecule has 0 atom stereocenters.